The predicted molar refractivity (Wildman–Crippen MR) is 101 cm³/mol. The van der Waals surface area contributed by atoms with Crippen LogP contribution in [0.5, 0.6) is 0 Å². The maximum Gasteiger partial charge on any atom is 0.229 e. The molecule has 0 aromatic heterocycles. The van der Waals surface area contributed by atoms with E-state index in [2.05, 4.69) is 6.58 Å². The van der Waals surface area contributed by atoms with Crippen molar-refractivity contribution in [3.63, 3.8) is 0 Å². The normalized spacial score (nSPS) is 14.5. The van der Waals surface area contributed by atoms with E-state index in [1.165, 1.54) is 11.2 Å². The average molecular weight is 403 g/mol. The molecule has 28 heavy (non-hydrogen) atoms. The van der Waals surface area contributed by atoms with Gasteiger partial charge < -0.3 is 28.4 Å². The van der Waals surface area contributed by atoms with Gasteiger partial charge >= 0.3 is 0 Å². The Balaban J connectivity index is 1.75. The van der Waals surface area contributed by atoms with Gasteiger partial charge in [-0.05, 0) is 6.42 Å². The Bertz CT molecular complexity index is 416. The number of piperidine rings is 1. The molecule has 0 bridgehead atoms. The molecule has 0 spiro atoms. The van der Waals surface area contributed by atoms with E-state index < -0.39 is 0 Å². The molecule has 2 amide bonds. The molecule has 1 aliphatic heterocycles. The summed E-state index contributed by atoms with van der Waals surface area (Å²) in [5.74, 6) is -0.217. The second-order valence-corrected chi connectivity index (χ2v) is 5.89. The molecule has 0 aromatic carbocycles. The van der Waals surface area contributed by atoms with Gasteiger partial charge in [-0.2, -0.15) is 0 Å². The number of likely N-dealkylation sites (tertiary alicyclic amines) is 1. The lowest BCUT2D eigenvalue weighted by Gasteiger charge is -2.24. The SMILES string of the molecule is C=COCCOCCOCCOCCOCCOCCN1C(=O)CCCC1=O. The van der Waals surface area contributed by atoms with Crippen LogP contribution in [0.3, 0.4) is 0 Å². The highest BCUT2D eigenvalue weighted by molar-refractivity contribution is 5.97. The minimum absolute atomic E-state index is 0.108. The van der Waals surface area contributed by atoms with Crippen molar-refractivity contribution in [1.82, 2.24) is 4.90 Å². The molecule has 0 saturated carbocycles. The summed E-state index contributed by atoms with van der Waals surface area (Å²) in [5.41, 5.74) is 0. The minimum atomic E-state index is -0.108. The lowest BCUT2D eigenvalue weighted by molar-refractivity contribution is -0.148. The number of carbonyl (C=O) groups excluding carboxylic acids is 2. The van der Waals surface area contributed by atoms with Crippen LogP contribution < -0.4 is 0 Å². The van der Waals surface area contributed by atoms with Gasteiger partial charge in [0.2, 0.25) is 11.8 Å². The first kappa shape index (κ1) is 24.5. The van der Waals surface area contributed by atoms with E-state index in [0.717, 1.165) is 0 Å². The Kier molecular flexibility index (Phi) is 15.4. The fourth-order valence-corrected chi connectivity index (χ4v) is 2.38. The minimum Gasteiger partial charge on any atom is -0.499 e. The fourth-order valence-electron chi connectivity index (χ4n) is 2.38. The zero-order chi connectivity index (χ0) is 20.3. The molecule has 9 nitrogen and oxygen atoms in total. The monoisotopic (exact) mass is 403 g/mol. The molecular weight excluding hydrogens is 370 g/mol. The molecule has 0 N–H and O–H groups in total. The standard InChI is InChI=1S/C19H33NO8/c1-2-23-8-9-25-12-13-27-16-17-28-15-14-26-11-10-24-7-6-20-18(21)4-3-5-19(20)22/h2H,1,3-17H2. The van der Waals surface area contributed by atoms with Crippen LogP contribution in [0.25, 0.3) is 0 Å². The van der Waals surface area contributed by atoms with E-state index >= 15 is 0 Å². The van der Waals surface area contributed by atoms with Crippen molar-refractivity contribution in [2.24, 2.45) is 0 Å². The third-order valence-corrected chi connectivity index (χ3v) is 3.79. The van der Waals surface area contributed by atoms with Crippen LogP contribution in [-0.2, 0) is 38.0 Å². The molecule has 1 saturated heterocycles. The van der Waals surface area contributed by atoms with Crippen LogP contribution in [0.1, 0.15) is 19.3 Å². The zero-order valence-electron chi connectivity index (χ0n) is 16.6. The number of rotatable bonds is 19. The Morgan fingerprint density at radius 1 is 0.679 bits per heavy atom. The maximum atomic E-state index is 11.6. The summed E-state index contributed by atoms with van der Waals surface area (Å²) in [6.07, 6.45) is 2.92. The highest BCUT2D eigenvalue weighted by Crippen LogP contribution is 2.11. The molecule has 1 aliphatic rings. The Morgan fingerprint density at radius 3 is 1.50 bits per heavy atom. The van der Waals surface area contributed by atoms with Crippen molar-refractivity contribution in [2.45, 2.75) is 19.3 Å². The first-order chi connectivity index (χ1) is 13.8. The second-order valence-electron chi connectivity index (χ2n) is 5.89. The van der Waals surface area contributed by atoms with E-state index in [1.807, 2.05) is 0 Å². The van der Waals surface area contributed by atoms with Crippen molar-refractivity contribution in [3.8, 4) is 0 Å². The van der Waals surface area contributed by atoms with E-state index in [4.69, 9.17) is 28.4 Å². The lowest BCUT2D eigenvalue weighted by Crippen LogP contribution is -2.42. The van der Waals surface area contributed by atoms with Crippen molar-refractivity contribution in [3.05, 3.63) is 12.8 Å². The number of imide groups is 1. The molecule has 0 aromatic rings. The van der Waals surface area contributed by atoms with E-state index in [9.17, 15) is 9.59 Å². The first-order valence-electron chi connectivity index (χ1n) is 9.70. The molecule has 0 unspecified atom stereocenters. The molecule has 9 heteroatoms. The van der Waals surface area contributed by atoms with Gasteiger partial charge in [0.1, 0.15) is 6.61 Å². The lowest BCUT2D eigenvalue weighted by atomic mass is 10.1. The van der Waals surface area contributed by atoms with Crippen LogP contribution in [0.2, 0.25) is 0 Å². The summed E-state index contributed by atoms with van der Waals surface area (Å²) < 4.78 is 31.7. The summed E-state index contributed by atoms with van der Waals surface area (Å²) in [5, 5.41) is 0. The maximum absolute atomic E-state index is 11.6. The van der Waals surface area contributed by atoms with Crippen LogP contribution in [-0.4, -0.2) is 95.9 Å². The Labute approximate surface area is 166 Å². The van der Waals surface area contributed by atoms with Gasteiger partial charge in [-0.25, -0.2) is 0 Å². The topological polar surface area (TPSA) is 92.8 Å². The Morgan fingerprint density at radius 2 is 1.07 bits per heavy atom. The zero-order valence-corrected chi connectivity index (χ0v) is 16.6. The predicted octanol–water partition coefficient (Wildman–Crippen LogP) is 0.769. The first-order valence-corrected chi connectivity index (χ1v) is 9.70. The molecule has 0 aliphatic carbocycles. The quantitative estimate of drug-likeness (QED) is 0.177. The van der Waals surface area contributed by atoms with Crippen LogP contribution >= 0.6 is 0 Å². The number of ether oxygens (including phenoxy) is 6. The van der Waals surface area contributed by atoms with Crippen LogP contribution in [0.4, 0.5) is 0 Å². The van der Waals surface area contributed by atoms with Crippen molar-refractivity contribution < 1.29 is 38.0 Å². The molecular formula is C19H33NO8. The molecule has 162 valence electrons. The number of hydrogen-bond acceptors (Lipinski definition) is 8. The van der Waals surface area contributed by atoms with Gasteiger partial charge in [0.05, 0.1) is 78.9 Å². The average Bonchev–Trinajstić information content (AvgIpc) is 2.69. The van der Waals surface area contributed by atoms with Crippen molar-refractivity contribution >= 4 is 11.8 Å². The largest absolute Gasteiger partial charge is 0.499 e. The smallest absolute Gasteiger partial charge is 0.229 e. The van der Waals surface area contributed by atoms with Gasteiger partial charge in [-0.3, -0.25) is 14.5 Å². The third kappa shape index (κ3) is 12.8. The summed E-state index contributed by atoms with van der Waals surface area (Å²) in [6, 6.07) is 0. The second kappa shape index (κ2) is 17.6. The summed E-state index contributed by atoms with van der Waals surface area (Å²) in [7, 11) is 0. The van der Waals surface area contributed by atoms with E-state index in [0.29, 0.717) is 98.5 Å². The summed E-state index contributed by atoms with van der Waals surface area (Å²) >= 11 is 0. The van der Waals surface area contributed by atoms with Crippen LogP contribution in [0.15, 0.2) is 12.8 Å². The highest BCUT2D eigenvalue weighted by atomic mass is 16.6. The van der Waals surface area contributed by atoms with Gasteiger partial charge in [0.15, 0.2) is 0 Å². The van der Waals surface area contributed by atoms with Gasteiger partial charge in [-0.1, -0.05) is 6.58 Å². The number of nitrogens with zero attached hydrogens (tertiary/aromatic N) is 1. The third-order valence-electron chi connectivity index (χ3n) is 3.79. The number of carbonyl (C=O) groups is 2. The van der Waals surface area contributed by atoms with Gasteiger partial charge in [-0.15, -0.1) is 0 Å². The molecule has 1 rings (SSSR count). The van der Waals surface area contributed by atoms with Gasteiger partial charge in [0, 0.05) is 12.8 Å². The highest BCUT2D eigenvalue weighted by Gasteiger charge is 2.25. The molecule has 0 radical (unpaired) electrons. The number of amides is 2. The Hall–Kier alpha value is -1.52. The fraction of sp³-hybridized carbons (Fsp3) is 0.789. The van der Waals surface area contributed by atoms with Gasteiger partial charge in [0.25, 0.3) is 0 Å². The van der Waals surface area contributed by atoms with Crippen LogP contribution in [0, 0.1) is 0 Å². The number of hydrogen-bond donors (Lipinski definition) is 0. The molecule has 1 heterocycles. The van der Waals surface area contributed by atoms with Crippen molar-refractivity contribution in [2.75, 3.05) is 79.2 Å². The molecule has 1 fully saturated rings. The van der Waals surface area contributed by atoms with Crippen molar-refractivity contribution in [1.29, 1.82) is 0 Å². The summed E-state index contributed by atoms with van der Waals surface area (Å²) in [4.78, 5) is 24.5. The van der Waals surface area contributed by atoms with E-state index in [-0.39, 0.29) is 11.8 Å². The summed E-state index contributed by atoms with van der Waals surface area (Å²) in [6.45, 7) is 8.93. The molecule has 0 atom stereocenters. The van der Waals surface area contributed by atoms with E-state index in [1.54, 1.807) is 0 Å².